The van der Waals surface area contributed by atoms with Gasteiger partial charge in [-0.2, -0.15) is 0 Å². The summed E-state index contributed by atoms with van der Waals surface area (Å²) in [5, 5.41) is 10.1. The molecular weight excluding hydrogens is 160 g/mol. The van der Waals surface area contributed by atoms with Crippen LogP contribution in [0.1, 0.15) is 36.3 Å². The van der Waals surface area contributed by atoms with Gasteiger partial charge in [-0.15, -0.1) is 0 Å². The van der Waals surface area contributed by atoms with Crippen molar-refractivity contribution >= 4 is 0 Å². The Morgan fingerprint density at radius 2 is 2.00 bits per heavy atom. The van der Waals surface area contributed by atoms with E-state index in [1.54, 1.807) is 0 Å². The highest BCUT2D eigenvalue weighted by Gasteiger charge is 2.49. The minimum atomic E-state index is -0.327. The summed E-state index contributed by atoms with van der Waals surface area (Å²) < 4.78 is 0. The van der Waals surface area contributed by atoms with Crippen LogP contribution in [0.3, 0.4) is 0 Å². The number of rotatable bonds is 1. The number of hydrogen-bond donors (Lipinski definition) is 1. The lowest BCUT2D eigenvalue weighted by Crippen LogP contribution is -2.17. The van der Waals surface area contributed by atoms with Gasteiger partial charge in [0.15, 0.2) is 0 Å². The van der Waals surface area contributed by atoms with Crippen molar-refractivity contribution in [2.45, 2.75) is 37.2 Å². The summed E-state index contributed by atoms with van der Waals surface area (Å²) in [6, 6.07) is 8.56. The van der Waals surface area contributed by atoms with Gasteiger partial charge in [-0.3, -0.25) is 0 Å². The van der Waals surface area contributed by atoms with Crippen molar-refractivity contribution < 1.29 is 5.11 Å². The van der Waals surface area contributed by atoms with Crippen LogP contribution in [0, 0.1) is 0 Å². The van der Waals surface area contributed by atoms with Gasteiger partial charge in [0.05, 0.1) is 5.60 Å². The third-order valence-electron chi connectivity index (χ3n) is 3.54. The van der Waals surface area contributed by atoms with Crippen molar-refractivity contribution in [2.24, 2.45) is 0 Å². The van der Waals surface area contributed by atoms with Gasteiger partial charge in [-0.25, -0.2) is 0 Å². The summed E-state index contributed by atoms with van der Waals surface area (Å²) in [4.78, 5) is 0. The molecule has 1 aromatic rings. The predicted octanol–water partition coefficient (Wildman–Crippen LogP) is 2.24. The van der Waals surface area contributed by atoms with E-state index in [-0.39, 0.29) is 5.60 Å². The molecule has 3 rings (SSSR count). The van der Waals surface area contributed by atoms with Crippen LogP contribution >= 0.6 is 0 Å². The van der Waals surface area contributed by atoms with Crippen molar-refractivity contribution in [2.75, 3.05) is 0 Å². The van der Waals surface area contributed by atoms with Crippen LogP contribution in [0.4, 0.5) is 0 Å². The lowest BCUT2D eigenvalue weighted by atomic mass is 9.93. The van der Waals surface area contributed by atoms with Gasteiger partial charge in [0.25, 0.3) is 0 Å². The molecule has 0 radical (unpaired) electrons. The Hall–Kier alpha value is -0.820. The largest absolute Gasteiger partial charge is 0.389 e. The number of aliphatic hydroxyl groups is 1. The Morgan fingerprint density at radius 1 is 1.23 bits per heavy atom. The third kappa shape index (κ3) is 1.03. The molecule has 1 aromatic carbocycles. The zero-order chi connectivity index (χ0) is 8.89. The van der Waals surface area contributed by atoms with Crippen LogP contribution in [0.25, 0.3) is 0 Å². The normalized spacial score (nSPS) is 28.5. The topological polar surface area (TPSA) is 20.2 Å². The molecule has 0 aliphatic heterocycles. The molecule has 0 heterocycles. The highest BCUT2D eigenvalue weighted by molar-refractivity contribution is 5.38. The lowest BCUT2D eigenvalue weighted by molar-refractivity contribution is 0.118. The number of aryl methyl sites for hydroxylation is 1. The summed E-state index contributed by atoms with van der Waals surface area (Å²) in [5.41, 5.74) is 2.53. The Morgan fingerprint density at radius 3 is 2.77 bits per heavy atom. The maximum Gasteiger partial charge on any atom is 0.0718 e. The molecule has 0 spiro atoms. The monoisotopic (exact) mass is 174 g/mol. The van der Waals surface area contributed by atoms with Crippen LogP contribution < -0.4 is 0 Å². The van der Waals surface area contributed by atoms with E-state index < -0.39 is 0 Å². The molecule has 2 aliphatic rings. The van der Waals surface area contributed by atoms with Crippen molar-refractivity contribution in [1.82, 2.24) is 0 Å². The van der Waals surface area contributed by atoms with Crippen LogP contribution in [-0.2, 0) is 6.42 Å². The zero-order valence-electron chi connectivity index (χ0n) is 7.66. The van der Waals surface area contributed by atoms with Gasteiger partial charge < -0.3 is 5.11 Å². The van der Waals surface area contributed by atoms with E-state index in [4.69, 9.17) is 0 Å². The average Bonchev–Trinajstić information content (AvgIpc) is 2.76. The highest BCUT2D eigenvalue weighted by Crippen LogP contribution is 2.52. The van der Waals surface area contributed by atoms with E-state index in [0.717, 1.165) is 25.7 Å². The summed E-state index contributed by atoms with van der Waals surface area (Å²) in [6.07, 6.45) is 4.32. The molecule has 2 aliphatic carbocycles. The molecule has 1 heteroatoms. The van der Waals surface area contributed by atoms with Crippen molar-refractivity contribution in [3.63, 3.8) is 0 Å². The summed E-state index contributed by atoms with van der Waals surface area (Å²) >= 11 is 0. The minimum Gasteiger partial charge on any atom is -0.389 e. The van der Waals surface area contributed by atoms with E-state index in [1.165, 1.54) is 11.1 Å². The second-order valence-corrected chi connectivity index (χ2v) is 4.39. The van der Waals surface area contributed by atoms with E-state index >= 15 is 0 Å². The van der Waals surface area contributed by atoms with Gasteiger partial charge in [-0.1, -0.05) is 24.3 Å². The van der Waals surface area contributed by atoms with Gasteiger partial charge >= 0.3 is 0 Å². The van der Waals surface area contributed by atoms with Crippen molar-refractivity contribution in [3.05, 3.63) is 35.4 Å². The summed E-state index contributed by atoms with van der Waals surface area (Å²) in [5.74, 6) is 0.434. The molecule has 1 atom stereocenters. The van der Waals surface area contributed by atoms with Crippen LogP contribution in [-0.4, -0.2) is 10.7 Å². The van der Waals surface area contributed by atoms with E-state index in [9.17, 15) is 5.11 Å². The molecule has 0 aromatic heterocycles. The smallest absolute Gasteiger partial charge is 0.0718 e. The number of benzene rings is 1. The Balaban J connectivity index is 2.02. The predicted molar refractivity (Wildman–Crippen MR) is 51.7 cm³/mol. The fraction of sp³-hybridized carbons (Fsp3) is 0.500. The van der Waals surface area contributed by atoms with E-state index in [1.807, 2.05) is 0 Å². The maximum atomic E-state index is 10.1. The second-order valence-electron chi connectivity index (χ2n) is 4.39. The fourth-order valence-electron chi connectivity index (χ4n) is 2.59. The Kier molecular flexibility index (Phi) is 1.37. The molecule has 1 fully saturated rings. The molecule has 0 amide bonds. The van der Waals surface area contributed by atoms with Gasteiger partial charge in [0.2, 0.25) is 0 Å². The second kappa shape index (κ2) is 2.36. The first kappa shape index (κ1) is 7.57. The lowest BCUT2D eigenvalue weighted by Gasteiger charge is -2.17. The quantitative estimate of drug-likeness (QED) is 0.692. The van der Waals surface area contributed by atoms with E-state index in [0.29, 0.717) is 5.92 Å². The molecule has 1 saturated carbocycles. The SMILES string of the molecule is OC1(C2CCc3ccccc32)CC1. The van der Waals surface area contributed by atoms with Gasteiger partial charge in [0, 0.05) is 5.92 Å². The highest BCUT2D eigenvalue weighted by atomic mass is 16.3. The molecule has 0 saturated heterocycles. The molecule has 0 bridgehead atoms. The van der Waals surface area contributed by atoms with Crippen molar-refractivity contribution in [1.29, 1.82) is 0 Å². The fourth-order valence-corrected chi connectivity index (χ4v) is 2.59. The first-order chi connectivity index (χ1) is 6.30. The average molecular weight is 174 g/mol. The Bertz CT molecular complexity index is 339. The first-order valence-corrected chi connectivity index (χ1v) is 5.10. The third-order valence-corrected chi connectivity index (χ3v) is 3.54. The first-order valence-electron chi connectivity index (χ1n) is 5.10. The summed E-state index contributed by atoms with van der Waals surface area (Å²) in [7, 11) is 0. The van der Waals surface area contributed by atoms with Crippen LogP contribution in [0.5, 0.6) is 0 Å². The molecule has 1 unspecified atom stereocenters. The number of fused-ring (bicyclic) bond motifs is 1. The standard InChI is InChI=1S/C12H14O/c13-12(7-8-12)11-6-5-9-3-1-2-4-10(9)11/h1-4,11,13H,5-8H2. The molecule has 1 N–H and O–H groups in total. The van der Waals surface area contributed by atoms with Crippen LogP contribution in [0.15, 0.2) is 24.3 Å². The van der Waals surface area contributed by atoms with Crippen LogP contribution in [0.2, 0.25) is 0 Å². The van der Waals surface area contributed by atoms with E-state index in [2.05, 4.69) is 24.3 Å². The number of hydrogen-bond acceptors (Lipinski definition) is 1. The zero-order valence-corrected chi connectivity index (χ0v) is 7.66. The molecule has 13 heavy (non-hydrogen) atoms. The molecule has 68 valence electrons. The van der Waals surface area contributed by atoms with Gasteiger partial charge in [0.1, 0.15) is 0 Å². The molecular formula is C12H14O. The molecule has 1 nitrogen and oxygen atoms in total. The maximum absolute atomic E-state index is 10.1. The minimum absolute atomic E-state index is 0.327. The van der Waals surface area contributed by atoms with Crippen molar-refractivity contribution in [3.8, 4) is 0 Å². The summed E-state index contributed by atoms with van der Waals surface area (Å²) in [6.45, 7) is 0. The Labute approximate surface area is 78.4 Å². The van der Waals surface area contributed by atoms with Gasteiger partial charge in [-0.05, 0) is 36.8 Å².